The summed E-state index contributed by atoms with van der Waals surface area (Å²) in [6.07, 6.45) is 0. The third-order valence-corrected chi connectivity index (χ3v) is 7.63. The first kappa shape index (κ1) is 28.7. The number of benzene rings is 3. The van der Waals surface area contributed by atoms with E-state index >= 15 is 0 Å². The van der Waals surface area contributed by atoms with Crippen LogP contribution in [0.2, 0.25) is 0 Å². The van der Waals surface area contributed by atoms with Crippen LogP contribution in [0.25, 0.3) is 0 Å². The van der Waals surface area contributed by atoms with E-state index in [1.54, 1.807) is 49.4 Å². The molecule has 9 heteroatoms. The highest BCUT2D eigenvalue weighted by Crippen LogP contribution is 2.26. The Labute approximate surface area is 225 Å². The van der Waals surface area contributed by atoms with Crippen LogP contribution in [0, 0.1) is 0 Å². The molecule has 0 unspecified atom stereocenters. The predicted molar refractivity (Wildman–Crippen MR) is 148 cm³/mol. The van der Waals surface area contributed by atoms with Gasteiger partial charge in [-0.25, -0.2) is 8.42 Å². The second kappa shape index (κ2) is 13.1. The van der Waals surface area contributed by atoms with Crippen molar-refractivity contribution in [1.29, 1.82) is 0 Å². The summed E-state index contributed by atoms with van der Waals surface area (Å²) in [6, 6.07) is 22.8. The predicted octanol–water partition coefficient (Wildman–Crippen LogP) is 4.22. The molecule has 0 aromatic heterocycles. The Morgan fingerprint density at radius 2 is 1.45 bits per heavy atom. The number of hydrogen-bond donors (Lipinski definition) is 1. The van der Waals surface area contributed by atoms with Crippen molar-refractivity contribution in [1.82, 2.24) is 10.2 Å². The number of carbonyl (C=O) groups is 2. The van der Waals surface area contributed by atoms with Crippen LogP contribution >= 0.6 is 0 Å². The number of amides is 2. The third kappa shape index (κ3) is 7.35. The van der Waals surface area contributed by atoms with Crippen LogP contribution in [-0.2, 0) is 26.2 Å². The SMILES string of the molecule is CCOc1ccc(N(CC(=O)N(Cc2ccccc2)[C@H](C)C(=O)NC(C)C)S(=O)(=O)c2ccccc2)cc1. The van der Waals surface area contributed by atoms with Gasteiger partial charge in [-0.3, -0.25) is 13.9 Å². The Bertz CT molecular complexity index is 1300. The molecule has 0 spiro atoms. The van der Waals surface area contributed by atoms with E-state index in [0.717, 1.165) is 9.87 Å². The van der Waals surface area contributed by atoms with E-state index in [1.807, 2.05) is 51.1 Å². The zero-order valence-corrected chi connectivity index (χ0v) is 23.0. The van der Waals surface area contributed by atoms with E-state index in [-0.39, 0.29) is 23.4 Å². The summed E-state index contributed by atoms with van der Waals surface area (Å²) in [5.41, 5.74) is 1.13. The number of hydrogen-bond acceptors (Lipinski definition) is 5. The van der Waals surface area contributed by atoms with Gasteiger partial charge in [0.1, 0.15) is 18.3 Å². The van der Waals surface area contributed by atoms with Gasteiger partial charge in [-0.2, -0.15) is 0 Å². The summed E-state index contributed by atoms with van der Waals surface area (Å²) in [5.74, 6) is -0.235. The monoisotopic (exact) mass is 537 g/mol. The van der Waals surface area contributed by atoms with Crippen molar-refractivity contribution in [2.75, 3.05) is 17.5 Å². The van der Waals surface area contributed by atoms with Gasteiger partial charge in [0.05, 0.1) is 17.2 Å². The Hall–Kier alpha value is -3.85. The lowest BCUT2D eigenvalue weighted by atomic mass is 10.1. The van der Waals surface area contributed by atoms with Crippen LogP contribution in [-0.4, -0.2) is 50.4 Å². The van der Waals surface area contributed by atoms with Crippen molar-refractivity contribution in [3.8, 4) is 5.75 Å². The van der Waals surface area contributed by atoms with Gasteiger partial charge < -0.3 is 15.0 Å². The molecular formula is C29H35N3O5S. The van der Waals surface area contributed by atoms with E-state index in [1.165, 1.54) is 17.0 Å². The molecule has 0 radical (unpaired) electrons. The Morgan fingerprint density at radius 1 is 0.868 bits per heavy atom. The molecule has 1 N–H and O–H groups in total. The molecule has 8 nitrogen and oxygen atoms in total. The fourth-order valence-electron chi connectivity index (χ4n) is 3.89. The first-order valence-corrected chi connectivity index (χ1v) is 14.0. The summed E-state index contributed by atoms with van der Waals surface area (Å²) in [5, 5.41) is 2.84. The summed E-state index contributed by atoms with van der Waals surface area (Å²) in [6.45, 7) is 7.31. The molecule has 202 valence electrons. The van der Waals surface area contributed by atoms with E-state index in [9.17, 15) is 18.0 Å². The number of carbonyl (C=O) groups excluding carboxylic acids is 2. The lowest BCUT2D eigenvalue weighted by molar-refractivity contribution is -0.139. The average molecular weight is 538 g/mol. The molecule has 3 aromatic carbocycles. The summed E-state index contributed by atoms with van der Waals surface area (Å²) in [4.78, 5) is 28.2. The van der Waals surface area contributed by atoms with Crippen LogP contribution in [0.1, 0.15) is 33.3 Å². The largest absolute Gasteiger partial charge is 0.494 e. The minimum absolute atomic E-state index is 0.0573. The van der Waals surface area contributed by atoms with Crippen molar-refractivity contribution in [2.45, 2.75) is 51.2 Å². The van der Waals surface area contributed by atoms with E-state index in [0.29, 0.717) is 18.0 Å². The molecule has 0 bridgehead atoms. The molecule has 0 heterocycles. The topological polar surface area (TPSA) is 96.0 Å². The number of ether oxygens (including phenoxy) is 1. The van der Waals surface area contributed by atoms with Gasteiger partial charge in [-0.15, -0.1) is 0 Å². The molecule has 0 saturated carbocycles. The number of nitrogens with one attached hydrogen (secondary N) is 1. The van der Waals surface area contributed by atoms with E-state index < -0.39 is 28.5 Å². The molecule has 1 atom stereocenters. The Balaban J connectivity index is 2.00. The summed E-state index contributed by atoms with van der Waals surface area (Å²) in [7, 11) is -4.10. The highest BCUT2D eigenvalue weighted by atomic mass is 32.2. The van der Waals surface area contributed by atoms with Crippen LogP contribution in [0.15, 0.2) is 89.8 Å². The molecule has 38 heavy (non-hydrogen) atoms. The number of anilines is 1. The molecule has 3 aromatic rings. The zero-order chi connectivity index (χ0) is 27.7. The van der Waals surface area contributed by atoms with Crippen molar-refractivity contribution in [2.24, 2.45) is 0 Å². The van der Waals surface area contributed by atoms with Crippen molar-refractivity contribution >= 4 is 27.5 Å². The standard InChI is InChI=1S/C29H35N3O5S/c1-5-37-26-18-16-25(17-19-26)32(38(35,36)27-14-10-7-11-15-27)21-28(33)31(20-24-12-8-6-9-13-24)23(4)29(34)30-22(2)3/h6-19,22-23H,5,20-21H2,1-4H3,(H,30,34)/t23-/m1/s1. The van der Waals surface area contributed by atoms with Crippen LogP contribution in [0.5, 0.6) is 5.75 Å². The van der Waals surface area contributed by atoms with Crippen molar-refractivity contribution in [3.63, 3.8) is 0 Å². The van der Waals surface area contributed by atoms with Gasteiger partial charge in [0.25, 0.3) is 10.0 Å². The van der Waals surface area contributed by atoms with Crippen molar-refractivity contribution in [3.05, 3.63) is 90.5 Å². The van der Waals surface area contributed by atoms with Crippen LogP contribution in [0.4, 0.5) is 5.69 Å². The van der Waals surface area contributed by atoms with Gasteiger partial charge in [0.15, 0.2) is 0 Å². The average Bonchev–Trinajstić information content (AvgIpc) is 2.91. The lowest BCUT2D eigenvalue weighted by Gasteiger charge is -2.32. The Morgan fingerprint density at radius 3 is 2.00 bits per heavy atom. The molecule has 0 aliphatic carbocycles. The van der Waals surface area contributed by atoms with Crippen LogP contribution in [0.3, 0.4) is 0 Å². The number of sulfonamides is 1. The molecule has 0 aliphatic rings. The summed E-state index contributed by atoms with van der Waals surface area (Å²) >= 11 is 0. The Kier molecular flexibility index (Phi) is 9.90. The first-order chi connectivity index (χ1) is 18.1. The van der Waals surface area contributed by atoms with Gasteiger partial charge >= 0.3 is 0 Å². The van der Waals surface area contributed by atoms with Crippen molar-refractivity contribution < 1.29 is 22.7 Å². The minimum atomic E-state index is -4.10. The molecule has 0 fully saturated rings. The number of nitrogens with zero attached hydrogens (tertiary/aromatic N) is 2. The van der Waals surface area contributed by atoms with Gasteiger partial charge in [0, 0.05) is 12.6 Å². The van der Waals surface area contributed by atoms with E-state index in [4.69, 9.17) is 4.74 Å². The molecule has 0 aliphatic heterocycles. The van der Waals surface area contributed by atoms with Crippen LogP contribution < -0.4 is 14.4 Å². The lowest BCUT2D eigenvalue weighted by Crippen LogP contribution is -2.52. The quantitative estimate of drug-likeness (QED) is 0.373. The minimum Gasteiger partial charge on any atom is -0.494 e. The second-order valence-corrected chi connectivity index (χ2v) is 11.0. The smallest absolute Gasteiger partial charge is 0.264 e. The molecule has 0 saturated heterocycles. The molecule has 3 rings (SSSR count). The summed E-state index contributed by atoms with van der Waals surface area (Å²) < 4.78 is 34.1. The molecular weight excluding hydrogens is 502 g/mol. The maximum atomic E-state index is 13.8. The van der Waals surface area contributed by atoms with Gasteiger partial charge in [0.2, 0.25) is 11.8 Å². The zero-order valence-electron chi connectivity index (χ0n) is 22.2. The fraction of sp³-hybridized carbons (Fsp3) is 0.310. The normalized spacial score (nSPS) is 12.0. The molecule has 2 amide bonds. The number of rotatable bonds is 12. The highest BCUT2D eigenvalue weighted by molar-refractivity contribution is 7.92. The fourth-order valence-corrected chi connectivity index (χ4v) is 5.33. The second-order valence-electron chi connectivity index (χ2n) is 9.10. The van der Waals surface area contributed by atoms with Gasteiger partial charge in [-0.1, -0.05) is 48.5 Å². The maximum absolute atomic E-state index is 13.8. The maximum Gasteiger partial charge on any atom is 0.264 e. The highest BCUT2D eigenvalue weighted by Gasteiger charge is 2.32. The first-order valence-electron chi connectivity index (χ1n) is 12.6. The third-order valence-electron chi connectivity index (χ3n) is 5.84. The van der Waals surface area contributed by atoms with Gasteiger partial charge in [-0.05, 0) is 69.7 Å². The van der Waals surface area contributed by atoms with E-state index in [2.05, 4.69) is 5.32 Å².